The van der Waals surface area contributed by atoms with Crippen LogP contribution in [-0.4, -0.2) is 84.5 Å². The second kappa shape index (κ2) is 15.3. The molecule has 1 aliphatic heterocycles. The minimum absolute atomic E-state index is 0.0492. The first-order valence-electron chi connectivity index (χ1n) is 22.7. The molecule has 318 valence electrons. The van der Waals surface area contributed by atoms with Gasteiger partial charge in [0, 0.05) is 31.7 Å². The van der Waals surface area contributed by atoms with Crippen molar-refractivity contribution in [1.82, 2.24) is 19.0 Å². The molecule has 5 fully saturated rings. The van der Waals surface area contributed by atoms with Crippen molar-refractivity contribution in [3.8, 4) is 5.88 Å². The van der Waals surface area contributed by atoms with Gasteiger partial charge in [0.05, 0.1) is 29.8 Å². The number of carbonyl (C=O) groups excluding carboxylic acids is 1. The highest BCUT2D eigenvalue weighted by molar-refractivity contribution is 7.91. The lowest BCUT2D eigenvalue weighted by Gasteiger charge is -2.72. The fourth-order valence-electron chi connectivity index (χ4n) is 15.3. The van der Waals surface area contributed by atoms with Gasteiger partial charge in [-0.25, -0.2) is 8.42 Å². The van der Waals surface area contributed by atoms with Crippen LogP contribution < -0.4 is 10.1 Å². The van der Waals surface area contributed by atoms with Gasteiger partial charge in [0.15, 0.2) is 9.84 Å². The molecule has 9 nitrogen and oxygen atoms in total. The highest BCUT2D eigenvalue weighted by atomic mass is 32.2. The Morgan fingerprint density at radius 3 is 2.40 bits per heavy atom. The zero-order valence-corrected chi connectivity index (χ0v) is 37.8. The fraction of sp³-hybridized carbons (Fsp3) is 0.848. The van der Waals surface area contributed by atoms with Gasteiger partial charge >= 0.3 is 5.97 Å². The van der Waals surface area contributed by atoms with Crippen LogP contribution in [0.25, 0.3) is 0 Å². The topological polar surface area (TPSA) is 111 Å². The van der Waals surface area contributed by atoms with E-state index in [1.165, 1.54) is 68.9 Å². The molecule has 7 aliphatic rings. The van der Waals surface area contributed by atoms with Gasteiger partial charge in [-0.3, -0.25) is 4.79 Å². The van der Waals surface area contributed by atoms with Crippen LogP contribution >= 0.6 is 11.7 Å². The Labute approximate surface area is 348 Å². The summed E-state index contributed by atoms with van der Waals surface area (Å²) in [5.41, 5.74) is 3.40. The first-order chi connectivity index (χ1) is 27.1. The third-order valence-corrected chi connectivity index (χ3v) is 20.6. The summed E-state index contributed by atoms with van der Waals surface area (Å²) in [4.78, 5) is 15.8. The van der Waals surface area contributed by atoms with Gasteiger partial charge in [0.1, 0.15) is 18.2 Å². The number of esters is 1. The van der Waals surface area contributed by atoms with E-state index in [1.807, 2.05) is 6.92 Å². The van der Waals surface area contributed by atoms with Crippen molar-refractivity contribution in [2.24, 2.45) is 56.7 Å². The molecule has 2 heterocycles. The summed E-state index contributed by atoms with van der Waals surface area (Å²) < 4.78 is 44.1. The molecule has 0 amide bonds. The van der Waals surface area contributed by atoms with Crippen LogP contribution in [0.1, 0.15) is 132 Å². The monoisotopic (exact) mass is 824 g/mol. The van der Waals surface area contributed by atoms with E-state index in [-0.39, 0.29) is 28.9 Å². The smallest absolute Gasteiger partial charge is 0.315 e. The van der Waals surface area contributed by atoms with E-state index in [0.717, 1.165) is 55.4 Å². The average Bonchev–Trinajstić information content (AvgIpc) is 3.84. The second-order valence-corrected chi connectivity index (χ2v) is 23.9. The van der Waals surface area contributed by atoms with Crippen molar-refractivity contribution in [1.29, 1.82) is 0 Å². The molecule has 0 radical (unpaired) electrons. The van der Waals surface area contributed by atoms with Crippen molar-refractivity contribution in [3.05, 3.63) is 29.5 Å². The van der Waals surface area contributed by atoms with Crippen LogP contribution in [0.3, 0.4) is 0 Å². The van der Waals surface area contributed by atoms with Gasteiger partial charge < -0.3 is 19.7 Å². The zero-order chi connectivity index (χ0) is 40.5. The maximum atomic E-state index is 13.4. The Morgan fingerprint density at radius 1 is 0.930 bits per heavy atom. The van der Waals surface area contributed by atoms with Gasteiger partial charge in [-0.05, 0) is 146 Å². The van der Waals surface area contributed by atoms with E-state index >= 15 is 0 Å². The van der Waals surface area contributed by atoms with Crippen molar-refractivity contribution in [3.63, 3.8) is 0 Å². The normalized spacial score (nSPS) is 42.4. The van der Waals surface area contributed by atoms with E-state index in [9.17, 15) is 13.2 Å². The summed E-state index contributed by atoms with van der Waals surface area (Å²) >= 11 is 1.12. The largest absolute Gasteiger partial charge is 0.475 e. The predicted octanol–water partition coefficient (Wildman–Crippen LogP) is 8.68. The van der Waals surface area contributed by atoms with E-state index in [4.69, 9.17) is 9.47 Å². The fourth-order valence-corrected chi connectivity index (χ4v) is 17.0. The number of hydrogen-bond donors (Lipinski definition) is 1. The van der Waals surface area contributed by atoms with Crippen molar-refractivity contribution >= 4 is 27.5 Å². The van der Waals surface area contributed by atoms with Crippen LogP contribution in [0.4, 0.5) is 0 Å². The molecule has 0 spiro atoms. The Bertz CT molecular complexity index is 1820. The van der Waals surface area contributed by atoms with Crippen LogP contribution in [-0.2, 0) is 19.4 Å². The maximum Gasteiger partial charge on any atom is 0.315 e. The summed E-state index contributed by atoms with van der Waals surface area (Å²) in [6.45, 7) is 21.5. The highest BCUT2D eigenvalue weighted by Crippen LogP contribution is 2.76. The quantitative estimate of drug-likeness (QED) is 0.219. The Kier molecular flexibility index (Phi) is 11.2. The molecular formula is C46H72N4O5S2. The number of hydrogen-bond acceptors (Lipinski definition) is 10. The zero-order valence-electron chi connectivity index (χ0n) is 36.2. The van der Waals surface area contributed by atoms with Crippen LogP contribution in [0.15, 0.2) is 29.5 Å². The molecule has 8 rings (SSSR count). The molecule has 0 bridgehead atoms. The third kappa shape index (κ3) is 6.90. The summed E-state index contributed by atoms with van der Waals surface area (Å²) in [7, 11) is -2.85. The summed E-state index contributed by atoms with van der Waals surface area (Å²) in [5.74, 6) is 4.51. The molecule has 57 heavy (non-hydrogen) atoms. The number of nitrogens with zero attached hydrogens (tertiary/aromatic N) is 3. The van der Waals surface area contributed by atoms with Gasteiger partial charge in [-0.2, -0.15) is 4.37 Å². The van der Waals surface area contributed by atoms with Crippen molar-refractivity contribution < 1.29 is 22.7 Å². The van der Waals surface area contributed by atoms with Gasteiger partial charge in [0.2, 0.25) is 5.88 Å². The number of ether oxygens (including phenoxy) is 2. The lowest BCUT2D eigenvalue weighted by molar-refractivity contribution is -0.222. The molecule has 1 N–H and O–H groups in total. The van der Waals surface area contributed by atoms with E-state index in [0.29, 0.717) is 72.6 Å². The lowest BCUT2D eigenvalue weighted by atomic mass is 9.33. The summed E-state index contributed by atoms with van der Waals surface area (Å²) in [6.07, 6.45) is 21.7. The number of carbonyl (C=O) groups is 1. The van der Waals surface area contributed by atoms with Crippen LogP contribution in [0, 0.1) is 56.7 Å². The molecule has 10 atom stereocenters. The van der Waals surface area contributed by atoms with Crippen LogP contribution in [0.2, 0.25) is 0 Å². The van der Waals surface area contributed by atoms with Gasteiger partial charge in [-0.15, -0.1) is 4.37 Å². The Morgan fingerprint density at radius 2 is 1.72 bits per heavy atom. The highest BCUT2D eigenvalue weighted by Gasteiger charge is 2.70. The van der Waals surface area contributed by atoms with Crippen molar-refractivity contribution in [2.45, 2.75) is 137 Å². The van der Waals surface area contributed by atoms with E-state index in [1.54, 1.807) is 6.20 Å². The Hall–Kier alpha value is -1.82. The lowest BCUT2D eigenvalue weighted by Crippen LogP contribution is -2.68. The molecule has 1 saturated heterocycles. The van der Waals surface area contributed by atoms with E-state index in [2.05, 4.69) is 72.7 Å². The van der Waals surface area contributed by atoms with Gasteiger partial charge in [0.25, 0.3) is 0 Å². The number of fused-ring (bicyclic) bond motifs is 7. The average molecular weight is 825 g/mol. The number of nitrogens with one attached hydrogen (secondary N) is 1. The molecule has 11 heteroatoms. The minimum atomic E-state index is -2.85. The molecule has 1 aromatic rings. The second-order valence-electron chi connectivity index (χ2n) is 21.0. The van der Waals surface area contributed by atoms with Gasteiger partial charge in [-0.1, -0.05) is 60.1 Å². The first-order valence-corrected chi connectivity index (χ1v) is 25.3. The third-order valence-electron chi connectivity index (χ3n) is 18.5. The molecule has 0 aromatic carbocycles. The Balaban J connectivity index is 1.00. The first kappa shape index (κ1) is 41.9. The summed E-state index contributed by atoms with van der Waals surface area (Å²) in [6, 6.07) is 0. The number of sulfone groups is 1. The number of allylic oxidation sites excluding steroid dienone is 4. The molecule has 6 aliphatic carbocycles. The van der Waals surface area contributed by atoms with E-state index < -0.39 is 15.3 Å². The maximum absolute atomic E-state index is 13.4. The predicted molar refractivity (Wildman–Crippen MR) is 228 cm³/mol. The number of aromatic nitrogens is 2. The SMILES string of the molecule is CCOC(=O)C1(COc2cnsn2)CC=C(C2=CC[C@]3(C)[C@H]4CC[C@@H]5[C@H]6[C@H](CC)CC[C@]6(NCCN6CCS(=O)(=O)CC6)CC[C@@]5(C)[C@]4(C)CC[C@H]3C2(C)C)CC1. The summed E-state index contributed by atoms with van der Waals surface area (Å²) in [5, 5.41) is 4.25. The van der Waals surface area contributed by atoms with Crippen LogP contribution in [0.5, 0.6) is 5.88 Å². The standard InChI is InChI=1S/C46H72N4O5S2/c1-8-32-14-21-46(47-24-25-50-26-28-57(52,53)29-27-50)23-22-43(6)35(39(32)46)10-11-37-42(5)17-15-34(41(3,4)36(42)16-18-44(37,43)7)33-12-19-45(20-13-33,40(51)54-9-2)31-55-38-30-48-56-49-38/h12,15,30,32,35-37,39,47H,8-11,13-14,16-29,31H2,1-7H3/t32-,35-,36+,37-,39-,42+,43-,44-,45?,46+/m1/s1. The molecular weight excluding hydrogens is 753 g/mol. The molecule has 4 saturated carbocycles. The minimum Gasteiger partial charge on any atom is -0.475 e. The molecule has 1 aromatic heterocycles. The number of rotatable bonds is 11. The van der Waals surface area contributed by atoms with Crippen molar-refractivity contribution in [2.75, 3.05) is 50.9 Å². The molecule has 1 unspecified atom stereocenters.